The van der Waals surface area contributed by atoms with Crippen molar-refractivity contribution in [3.63, 3.8) is 0 Å². The number of alkyl halides is 1. The molecule has 1 heterocycles. The Kier molecular flexibility index (Phi) is 3.32. The first-order valence-electron chi connectivity index (χ1n) is 3.10. The number of halogens is 1. The average Bonchev–Trinajstić information content (AvgIpc) is 2.48. The third-order valence-electron chi connectivity index (χ3n) is 1.11. The van der Waals surface area contributed by atoms with Gasteiger partial charge in [-0.2, -0.15) is 0 Å². The van der Waals surface area contributed by atoms with Crippen LogP contribution < -0.4 is 0 Å². The minimum Gasteiger partial charge on any atom is -0.477 e. The fourth-order valence-electron chi connectivity index (χ4n) is 0.649. The molecule has 0 fully saturated rings. The standard InChI is InChI=1S/C8H5BrO2S/c9-3-1-2-6-4-7(8(10)11)12-5-6/h4-5H,3H2,(H,10,11). The molecule has 12 heavy (non-hydrogen) atoms. The first-order valence-corrected chi connectivity index (χ1v) is 5.11. The predicted octanol–water partition coefficient (Wildman–Crippen LogP) is 2.19. The molecule has 0 saturated heterocycles. The molecule has 0 aliphatic rings. The monoisotopic (exact) mass is 244 g/mol. The Morgan fingerprint density at radius 1 is 1.75 bits per heavy atom. The molecule has 0 radical (unpaired) electrons. The molecule has 1 rings (SSSR count). The van der Waals surface area contributed by atoms with E-state index in [1.165, 1.54) is 11.3 Å². The number of hydrogen-bond donors (Lipinski definition) is 1. The fraction of sp³-hybridized carbons (Fsp3) is 0.125. The van der Waals surface area contributed by atoms with Gasteiger partial charge in [0, 0.05) is 10.9 Å². The van der Waals surface area contributed by atoms with Crippen LogP contribution in [-0.4, -0.2) is 16.4 Å². The molecule has 1 aromatic heterocycles. The van der Waals surface area contributed by atoms with E-state index in [4.69, 9.17) is 5.11 Å². The van der Waals surface area contributed by atoms with E-state index in [1.807, 2.05) is 0 Å². The molecule has 62 valence electrons. The van der Waals surface area contributed by atoms with Gasteiger partial charge in [-0.05, 0) is 6.07 Å². The summed E-state index contributed by atoms with van der Waals surface area (Å²) in [5.74, 6) is 4.72. The summed E-state index contributed by atoms with van der Waals surface area (Å²) in [6, 6.07) is 1.57. The molecule has 0 bridgehead atoms. The summed E-state index contributed by atoms with van der Waals surface area (Å²) in [6.45, 7) is 0. The largest absolute Gasteiger partial charge is 0.477 e. The Morgan fingerprint density at radius 3 is 3.00 bits per heavy atom. The van der Waals surface area contributed by atoms with Crippen LogP contribution in [0.5, 0.6) is 0 Å². The minimum absolute atomic E-state index is 0.328. The maximum atomic E-state index is 10.4. The van der Waals surface area contributed by atoms with Gasteiger partial charge in [0.2, 0.25) is 0 Å². The summed E-state index contributed by atoms with van der Waals surface area (Å²) >= 11 is 4.35. The van der Waals surface area contributed by atoms with Crippen molar-refractivity contribution in [2.24, 2.45) is 0 Å². The van der Waals surface area contributed by atoms with E-state index in [1.54, 1.807) is 11.4 Å². The molecule has 4 heteroatoms. The molecule has 0 spiro atoms. The second-order valence-corrected chi connectivity index (χ2v) is 3.41. The van der Waals surface area contributed by atoms with Crippen molar-refractivity contribution in [3.8, 4) is 11.8 Å². The molecule has 1 aromatic rings. The maximum Gasteiger partial charge on any atom is 0.345 e. The van der Waals surface area contributed by atoms with Gasteiger partial charge in [-0.25, -0.2) is 4.79 Å². The van der Waals surface area contributed by atoms with E-state index in [2.05, 4.69) is 27.8 Å². The molecule has 0 aromatic carbocycles. The van der Waals surface area contributed by atoms with Gasteiger partial charge in [0.15, 0.2) is 0 Å². The minimum atomic E-state index is -0.896. The lowest BCUT2D eigenvalue weighted by molar-refractivity contribution is 0.0702. The van der Waals surface area contributed by atoms with Crippen LogP contribution in [0.25, 0.3) is 0 Å². The van der Waals surface area contributed by atoms with E-state index >= 15 is 0 Å². The summed E-state index contributed by atoms with van der Waals surface area (Å²) in [5.41, 5.74) is 0.761. The van der Waals surface area contributed by atoms with Gasteiger partial charge >= 0.3 is 5.97 Å². The third kappa shape index (κ3) is 2.36. The van der Waals surface area contributed by atoms with Crippen molar-refractivity contribution in [2.75, 3.05) is 5.33 Å². The molecule has 0 atom stereocenters. The highest BCUT2D eigenvalue weighted by Crippen LogP contribution is 2.13. The van der Waals surface area contributed by atoms with Gasteiger partial charge in [0.1, 0.15) is 4.88 Å². The second-order valence-electron chi connectivity index (χ2n) is 1.94. The smallest absolute Gasteiger partial charge is 0.345 e. The Bertz CT molecular complexity index is 345. The van der Waals surface area contributed by atoms with E-state index in [-0.39, 0.29) is 0 Å². The highest BCUT2D eigenvalue weighted by atomic mass is 79.9. The highest BCUT2D eigenvalue weighted by Gasteiger charge is 2.04. The molecule has 0 saturated carbocycles. The average molecular weight is 245 g/mol. The Hall–Kier alpha value is -0.790. The molecular weight excluding hydrogens is 240 g/mol. The number of rotatable bonds is 1. The van der Waals surface area contributed by atoms with Gasteiger partial charge in [-0.3, -0.25) is 0 Å². The molecule has 1 N–H and O–H groups in total. The lowest BCUT2D eigenvalue weighted by atomic mass is 10.3. The summed E-state index contributed by atoms with van der Waals surface area (Å²) in [4.78, 5) is 10.8. The van der Waals surface area contributed by atoms with Crippen molar-refractivity contribution in [2.45, 2.75) is 0 Å². The van der Waals surface area contributed by atoms with Crippen LogP contribution in [0.1, 0.15) is 15.2 Å². The molecular formula is C8H5BrO2S. The van der Waals surface area contributed by atoms with E-state index in [9.17, 15) is 4.79 Å². The summed E-state index contributed by atoms with van der Waals surface area (Å²) < 4.78 is 0. The van der Waals surface area contributed by atoms with E-state index < -0.39 is 5.97 Å². The molecule has 0 aliphatic carbocycles. The third-order valence-corrected chi connectivity index (χ3v) is 2.31. The predicted molar refractivity (Wildman–Crippen MR) is 52.0 cm³/mol. The lowest BCUT2D eigenvalue weighted by Gasteiger charge is -1.80. The van der Waals surface area contributed by atoms with Crippen LogP contribution in [-0.2, 0) is 0 Å². The first kappa shape index (κ1) is 9.30. The number of carbonyl (C=O) groups is 1. The first-order chi connectivity index (χ1) is 5.74. The maximum absolute atomic E-state index is 10.4. The van der Waals surface area contributed by atoms with Crippen LogP contribution in [0.2, 0.25) is 0 Å². The summed E-state index contributed by atoms with van der Waals surface area (Å²) in [6.07, 6.45) is 0. The van der Waals surface area contributed by atoms with E-state index in [0.29, 0.717) is 10.2 Å². The second kappa shape index (κ2) is 4.29. The van der Waals surface area contributed by atoms with Gasteiger partial charge in [-0.15, -0.1) is 11.3 Å². The topological polar surface area (TPSA) is 37.3 Å². The Labute approximate surface area is 82.4 Å². The van der Waals surface area contributed by atoms with Crippen molar-refractivity contribution < 1.29 is 9.90 Å². The number of carboxylic acid groups (broad SMARTS) is 1. The van der Waals surface area contributed by atoms with Crippen LogP contribution >= 0.6 is 27.3 Å². The number of carboxylic acids is 1. The van der Waals surface area contributed by atoms with Gasteiger partial charge in [0.05, 0.1) is 5.33 Å². The SMILES string of the molecule is O=C(O)c1cc(C#CCBr)cs1. The Balaban J connectivity index is 2.84. The van der Waals surface area contributed by atoms with Gasteiger partial charge in [-0.1, -0.05) is 27.8 Å². The number of aromatic carboxylic acids is 1. The normalized spacial score (nSPS) is 8.75. The van der Waals surface area contributed by atoms with Gasteiger partial charge < -0.3 is 5.11 Å². The van der Waals surface area contributed by atoms with Crippen LogP contribution in [0.3, 0.4) is 0 Å². The van der Waals surface area contributed by atoms with Crippen LogP contribution in [0.4, 0.5) is 0 Å². The van der Waals surface area contributed by atoms with Gasteiger partial charge in [0.25, 0.3) is 0 Å². The zero-order valence-corrected chi connectivity index (χ0v) is 8.41. The number of thiophene rings is 1. The Morgan fingerprint density at radius 2 is 2.50 bits per heavy atom. The number of hydrogen-bond acceptors (Lipinski definition) is 2. The van der Waals surface area contributed by atoms with Crippen molar-refractivity contribution in [3.05, 3.63) is 21.9 Å². The van der Waals surface area contributed by atoms with E-state index in [0.717, 1.165) is 5.56 Å². The van der Waals surface area contributed by atoms with Crippen molar-refractivity contribution in [1.29, 1.82) is 0 Å². The van der Waals surface area contributed by atoms with Crippen molar-refractivity contribution in [1.82, 2.24) is 0 Å². The molecule has 2 nitrogen and oxygen atoms in total. The molecule has 0 aliphatic heterocycles. The quantitative estimate of drug-likeness (QED) is 0.608. The van der Waals surface area contributed by atoms with Crippen LogP contribution in [0.15, 0.2) is 11.4 Å². The lowest BCUT2D eigenvalue weighted by Crippen LogP contribution is -1.89. The highest BCUT2D eigenvalue weighted by molar-refractivity contribution is 9.09. The fourth-order valence-corrected chi connectivity index (χ4v) is 1.47. The van der Waals surface area contributed by atoms with Crippen molar-refractivity contribution >= 4 is 33.2 Å². The summed E-state index contributed by atoms with van der Waals surface area (Å²) in [7, 11) is 0. The zero-order valence-electron chi connectivity index (χ0n) is 6.00. The molecule has 0 unspecified atom stereocenters. The molecule has 0 amide bonds. The summed E-state index contributed by atoms with van der Waals surface area (Å²) in [5, 5.41) is 10.9. The zero-order chi connectivity index (χ0) is 8.97. The van der Waals surface area contributed by atoms with Crippen LogP contribution in [0, 0.1) is 11.8 Å².